The van der Waals surface area contributed by atoms with Gasteiger partial charge in [0, 0.05) is 12.2 Å². The molecule has 0 aliphatic rings. The average molecular weight is 346 g/mol. The predicted octanol–water partition coefficient (Wildman–Crippen LogP) is 4.13. The van der Waals surface area contributed by atoms with Crippen molar-refractivity contribution in [2.24, 2.45) is 0 Å². The second kappa shape index (κ2) is 9.79. The van der Waals surface area contributed by atoms with E-state index in [1.807, 2.05) is 29.6 Å². The Balaban J connectivity index is 0.00000200. The fourth-order valence-electron chi connectivity index (χ4n) is 1.78. The van der Waals surface area contributed by atoms with Crippen molar-refractivity contribution in [3.8, 4) is 0 Å². The highest BCUT2D eigenvalue weighted by Gasteiger charge is 2.03. The number of thiophene rings is 1. The van der Waals surface area contributed by atoms with Crippen LogP contribution in [0.3, 0.4) is 0 Å². The summed E-state index contributed by atoms with van der Waals surface area (Å²) in [4.78, 5) is 3.13. The summed E-state index contributed by atoms with van der Waals surface area (Å²) in [5, 5.41) is 13.2. The minimum absolute atomic E-state index is 0. The van der Waals surface area contributed by atoms with Gasteiger partial charge in [-0.2, -0.15) is 0 Å². The SMILES string of the molecule is CN(C)CCc1cccc(NC(=N)c2cccs2)c1.Cl.Cl. The first kappa shape index (κ1) is 19.9. The van der Waals surface area contributed by atoms with Crippen molar-refractivity contribution in [1.29, 1.82) is 5.41 Å². The third kappa shape index (κ3) is 6.48. The van der Waals surface area contributed by atoms with Gasteiger partial charge in [-0.15, -0.1) is 36.2 Å². The molecule has 2 aromatic rings. The van der Waals surface area contributed by atoms with Crippen molar-refractivity contribution in [3.05, 3.63) is 52.2 Å². The van der Waals surface area contributed by atoms with E-state index >= 15 is 0 Å². The smallest absolute Gasteiger partial charge is 0.140 e. The maximum Gasteiger partial charge on any atom is 0.140 e. The Kier molecular flexibility index (Phi) is 9.29. The molecule has 1 aromatic carbocycles. The highest BCUT2D eigenvalue weighted by Crippen LogP contribution is 2.15. The second-order valence-corrected chi connectivity index (χ2v) is 5.68. The van der Waals surface area contributed by atoms with Gasteiger partial charge in [-0.1, -0.05) is 18.2 Å². The molecule has 2 rings (SSSR count). The number of amidine groups is 1. The number of hydrogen-bond donors (Lipinski definition) is 2. The molecule has 1 aromatic heterocycles. The van der Waals surface area contributed by atoms with E-state index in [1.165, 1.54) is 5.56 Å². The van der Waals surface area contributed by atoms with E-state index in [-0.39, 0.29) is 24.8 Å². The maximum atomic E-state index is 8.02. The molecular weight excluding hydrogens is 325 g/mol. The normalized spacial score (nSPS) is 9.67. The van der Waals surface area contributed by atoms with Crippen LogP contribution in [0.4, 0.5) is 5.69 Å². The molecule has 3 nitrogen and oxygen atoms in total. The van der Waals surface area contributed by atoms with Gasteiger partial charge in [0.15, 0.2) is 0 Å². The fraction of sp³-hybridized carbons (Fsp3) is 0.267. The van der Waals surface area contributed by atoms with Gasteiger partial charge in [-0.05, 0) is 49.7 Å². The number of benzene rings is 1. The van der Waals surface area contributed by atoms with Crippen LogP contribution in [-0.4, -0.2) is 31.4 Å². The molecule has 1 heterocycles. The van der Waals surface area contributed by atoms with Crippen molar-refractivity contribution in [2.75, 3.05) is 26.0 Å². The molecule has 2 N–H and O–H groups in total. The highest BCUT2D eigenvalue weighted by atomic mass is 35.5. The molecule has 0 bridgehead atoms. The second-order valence-electron chi connectivity index (χ2n) is 4.73. The molecular formula is C15H21Cl2N3S. The Morgan fingerprint density at radius 3 is 2.57 bits per heavy atom. The van der Waals surface area contributed by atoms with Crippen LogP contribution in [0.2, 0.25) is 0 Å². The molecule has 0 radical (unpaired) electrons. The molecule has 0 fully saturated rings. The molecule has 0 amide bonds. The first-order valence-electron chi connectivity index (χ1n) is 6.28. The largest absolute Gasteiger partial charge is 0.340 e. The lowest BCUT2D eigenvalue weighted by Gasteiger charge is -2.11. The van der Waals surface area contributed by atoms with Crippen molar-refractivity contribution >= 4 is 47.7 Å². The Hall–Kier alpha value is -1.07. The zero-order chi connectivity index (χ0) is 13.7. The van der Waals surface area contributed by atoms with Crippen molar-refractivity contribution in [3.63, 3.8) is 0 Å². The summed E-state index contributed by atoms with van der Waals surface area (Å²) < 4.78 is 0. The summed E-state index contributed by atoms with van der Waals surface area (Å²) >= 11 is 1.57. The Bertz CT molecular complexity index is 542. The van der Waals surface area contributed by atoms with Gasteiger partial charge in [0.25, 0.3) is 0 Å². The molecule has 0 aliphatic heterocycles. The van der Waals surface area contributed by atoms with Crippen LogP contribution < -0.4 is 5.32 Å². The third-order valence-electron chi connectivity index (χ3n) is 2.81. The molecule has 6 heteroatoms. The number of halogens is 2. The Morgan fingerprint density at radius 1 is 1.19 bits per heavy atom. The van der Waals surface area contributed by atoms with Crippen molar-refractivity contribution < 1.29 is 0 Å². The van der Waals surface area contributed by atoms with E-state index in [2.05, 4.69) is 36.4 Å². The van der Waals surface area contributed by atoms with E-state index in [1.54, 1.807) is 11.3 Å². The number of rotatable bonds is 5. The van der Waals surface area contributed by atoms with Gasteiger partial charge in [0.2, 0.25) is 0 Å². The van der Waals surface area contributed by atoms with E-state index in [0.29, 0.717) is 5.84 Å². The summed E-state index contributed by atoms with van der Waals surface area (Å²) in [5.74, 6) is 0.458. The lowest BCUT2D eigenvalue weighted by molar-refractivity contribution is 0.413. The zero-order valence-electron chi connectivity index (χ0n) is 12.1. The first-order chi connectivity index (χ1) is 9.15. The third-order valence-corrected chi connectivity index (χ3v) is 3.70. The van der Waals surface area contributed by atoms with E-state index < -0.39 is 0 Å². The van der Waals surface area contributed by atoms with E-state index in [9.17, 15) is 0 Å². The summed E-state index contributed by atoms with van der Waals surface area (Å²) in [5.41, 5.74) is 2.27. The summed E-state index contributed by atoms with van der Waals surface area (Å²) in [6.07, 6.45) is 1.02. The minimum Gasteiger partial charge on any atom is -0.340 e. The first-order valence-corrected chi connectivity index (χ1v) is 7.16. The summed E-state index contributed by atoms with van der Waals surface area (Å²) in [6.45, 7) is 1.03. The van der Waals surface area contributed by atoms with Crippen LogP contribution in [0.15, 0.2) is 41.8 Å². The zero-order valence-corrected chi connectivity index (χ0v) is 14.6. The topological polar surface area (TPSA) is 39.1 Å². The van der Waals surface area contributed by atoms with E-state index in [0.717, 1.165) is 23.5 Å². The van der Waals surface area contributed by atoms with Gasteiger partial charge in [-0.3, -0.25) is 5.41 Å². The molecule has 0 spiro atoms. The van der Waals surface area contributed by atoms with Crippen LogP contribution >= 0.6 is 36.2 Å². The quantitative estimate of drug-likeness (QED) is 0.631. The monoisotopic (exact) mass is 345 g/mol. The summed E-state index contributed by atoms with van der Waals surface area (Å²) in [6, 6.07) is 12.2. The van der Waals surface area contributed by atoms with Crippen LogP contribution in [0.1, 0.15) is 10.4 Å². The average Bonchev–Trinajstić information content (AvgIpc) is 2.91. The van der Waals surface area contributed by atoms with Crippen molar-refractivity contribution in [2.45, 2.75) is 6.42 Å². The molecule has 21 heavy (non-hydrogen) atoms. The Labute approximate surface area is 142 Å². The number of hydrogen-bond acceptors (Lipinski definition) is 3. The number of nitrogens with zero attached hydrogens (tertiary/aromatic N) is 1. The molecule has 0 saturated heterocycles. The highest BCUT2D eigenvalue weighted by molar-refractivity contribution is 7.12. The molecule has 116 valence electrons. The molecule has 0 atom stereocenters. The van der Waals surface area contributed by atoms with Gasteiger partial charge in [0.1, 0.15) is 5.84 Å². The lowest BCUT2D eigenvalue weighted by atomic mass is 10.1. The number of nitrogens with one attached hydrogen (secondary N) is 2. The molecule has 0 unspecified atom stereocenters. The Morgan fingerprint density at radius 2 is 1.95 bits per heavy atom. The summed E-state index contributed by atoms with van der Waals surface area (Å²) in [7, 11) is 4.16. The standard InChI is InChI=1S/C15H19N3S.2ClH/c1-18(2)9-8-12-5-3-6-13(11-12)17-15(16)14-7-4-10-19-14;;/h3-7,10-11H,8-9H2,1-2H3,(H2,16,17);2*1H. The van der Waals surface area contributed by atoms with E-state index in [4.69, 9.17) is 5.41 Å². The maximum absolute atomic E-state index is 8.02. The minimum atomic E-state index is 0. The fourth-order valence-corrected chi connectivity index (χ4v) is 2.41. The van der Waals surface area contributed by atoms with Crippen molar-refractivity contribution in [1.82, 2.24) is 4.90 Å². The van der Waals surface area contributed by atoms with Crippen LogP contribution in [-0.2, 0) is 6.42 Å². The van der Waals surface area contributed by atoms with Gasteiger partial charge >= 0.3 is 0 Å². The van der Waals surface area contributed by atoms with Gasteiger partial charge in [-0.25, -0.2) is 0 Å². The predicted molar refractivity (Wildman–Crippen MR) is 98.0 cm³/mol. The van der Waals surface area contributed by atoms with Gasteiger partial charge < -0.3 is 10.2 Å². The molecule has 0 aliphatic carbocycles. The number of likely N-dealkylation sites (N-methyl/N-ethyl adjacent to an activating group) is 1. The number of anilines is 1. The molecule has 0 saturated carbocycles. The lowest BCUT2D eigenvalue weighted by Crippen LogP contribution is -2.15. The van der Waals surface area contributed by atoms with Crippen LogP contribution in [0.5, 0.6) is 0 Å². The van der Waals surface area contributed by atoms with Crippen LogP contribution in [0.25, 0.3) is 0 Å². The van der Waals surface area contributed by atoms with Gasteiger partial charge in [0.05, 0.1) is 4.88 Å². The van der Waals surface area contributed by atoms with Crippen LogP contribution in [0, 0.1) is 5.41 Å².